The number of benzene rings is 1. The number of hydrogen-bond donors (Lipinski definition) is 0. The van der Waals surface area contributed by atoms with Crippen LogP contribution in [-0.2, 0) is 6.42 Å². The number of carbonyl (C=O) groups excluding carboxylic acids is 1. The average Bonchev–Trinajstić information content (AvgIpc) is 2.86. The molecule has 0 radical (unpaired) electrons. The predicted octanol–water partition coefficient (Wildman–Crippen LogP) is 4.00. The summed E-state index contributed by atoms with van der Waals surface area (Å²) in [6.07, 6.45) is 2.22. The molecule has 0 aliphatic rings. The van der Waals surface area contributed by atoms with Gasteiger partial charge >= 0.3 is 0 Å². The Balaban J connectivity index is 2.27. The van der Waals surface area contributed by atoms with Gasteiger partial charge in [-0.25, -0.2) is 0 Å². The second-order valence-corrected chi connectivity index (χ2v) is 4.18. The maximum absolute atomic E-state index is 12.2. The smallest absolute Gasteiger partial charge is 0.188 e. The fraction of sp³-hybridized carbons (Fsp3) is 0.214. The molecule has 2 nitrogen and oxygen atoms in total. The standard InChI is InChI=1S/C14H13ClO2/c1-2-12-11(8-9-17-12)14(16)13(15)10-6-4-3-5-7-10/h3-9,13H,2H2,1H3. The molecule has 0 bridgehead atoms. The van der Waals surface area contributed by atoms with E-state index in [-0.39, 0.29) is 5.78 Å². The number of Topliss-reactive ketones (excluding diaryl/α,β-unsaturated/α-hetero) is 1. The van der Waals surface area contributed by atoms with Gasteiger partial charge in [0.15, 0.2) is 5.78 Å². The van der Waals surface area contributed by atoms with Crippen LogP contribution in [0.4, 0.5) is 0 Å². The van der Waals surface area contributed by atoms with E-state index in [1.165, 1.54) is 6.26 Å². The van der Waals surface area contributed by atoms with E-state index in [4.69, 9.17) is 16.0 Å². The maximum atomic E-state index is 12.2. The molecule has 0 saturated carbocycles. The molecule has 1 atom stereocenters. The molecule has 3 heteroatoms. The second-order valence-electron chi connectivity index (χ2n) is 3.75. The number of carbonyl (C=O) groups is 1. The molecular weight excluding hydrogens is 236 g/mol. The SMILES string of the molecule is CCc1occc1C(=O)C(Cl)c1ccccc1. The molecule has 17 heavy (non-hydrogen) atoms. The molecule has 2 rings (SSSR count). The Labute approximate surface area is 105 Å². The van der Waals surface area contributed by atoms with Crippen LogP contribution in [0.25, 0.3) is 0 Å². The highest BCUT2D eigenvalue weighted by atomic mass is 35.5. The molecule has 1 aromatic heterocycles. The van der Waals surface area contributed by atoms with E-state index in [1.54, 1.807) is 6.07 Å². The largest absolute Gasteiger partial charge is 0.469 e. The van der Waals surface area contributed by atoms with Gasteiger partial charge in [-0.3, -0.25) is 4.79 Å². The summed E-state index contributed by atoms with van der Waals surface area (Å²) in [5, 5.41) is -0.654. The van der Waals surface area contributed by atoms with E-state index in [1.807, 2.05) is 37.3 Å². The van der Waals surface area contributed by atoms with E-state index in [0.717, 1.165) is 5.56 Å². The number of ketones is 1. The second kappa shape index (κ2) is 5.19. The molecule has 0 N–H and O–H groups in total. The lowest BCUT2D eigenvalue weighted by molar-refractivity contribution is 0.0985. The molecule has 88 valence electrons. The molecule has 0 aliphatic heterocycles. The van der Waals surface area contributed by atoms with Gasteiger partial charge in [0.2, 0.25) is 0 Å². The molecular formula is C14H13ClO2. The first-order chi connectivity index (χ1) is 8.24. The van der Waals surface area contributed by atoms with E-state index in [9.17, 15) is 4.79 Å². The van der Waals surface area contributed by atoms with Crippen LogP contribution < -0.4 is 0 Å². The zero-order valence-corrected chi connectivity index (χ0v) is 10.3. The Kier molecular flexibility index (Phi) is 3.64. The predicted molar refractivity (Wildman–Crippen MR) is 67.5 cm³/mol. The highest BCUT2D eigenvalue weighted by Crippen LogP contribution is 2.26. The monoisotopic (exact) mass is 248 g/mol. The molecule has 0 amide bonds. The summed E-state index contributed by atoms with van der Waals surface area (Å²) in [5.41, 5.74) is 1.39. The lowest BCUT2D eigenvalue weighted by atomic mass is 10.0. The molecule has 1 heterocycles. The van der Waals surface area contributed by atoms with Crippen LogP contribution in [0.15, 0.2) is 47.1 Å². The first kappa shape index (κ1) is 11.9. The van der Waals surface area contributed by atoms with Crippen LogP contribution in [-0.4, -0.2) is 5.78 Å². The lowest BCUT2D eigenvalue weighted by Crippen LogP contribution is -2.08. The van der Waals surface area contributed by atoms with Gasteiger partial charge in [-0.15, -0.1) is 11.6 Å². The first-order valence-corrected chi connectivity index (χ1v) is 5.97. The van der Waals surface area contributed by atoms with Gasteiger partial charge in [0.25, 0.3) is 0 Å². The molecule has 2 aromatic rings. The minimum atomic E-state index is -0.654. The van der Waals surface area contributed by atoms with Crippen molar-refractivity contribution >= 4 is 17.4 Å². The zero-order chi connectivity index (χ0) is 12.3. The summed E-state index contributed by atoms with van der Waals surface area (Å²) in [4.78, 5) is 12.2. The third-order valence-electron chi connectivity index (χ3n) is 2.65. The highest BCUT2D eigenvalue weighted by molar-refractivity contribution is 6.34. The quantitative estimate of drug-likeness (QED) is 0.605. The molecule has 1 unspecified atom stereocenters. The number of rotatable bonds is 4. The number of halogens is 1. The molecule has 0 fully saturated rings. The normalized spacial score (nSPS) is 12.4. The van der Waals surface area contributed by atoms with Gasteiger partial charge in [0, 0.05) is 6.42 Å². The third kappa shape index (κ3) is 2.42. The van der Waals surface area contributed by atoms with Crippen LogP contribution in [0.2, 0.25) is 0 Å². The summed E-state index contributed by atoms with van der Waals surface area (Å²) in [7, 11) is 0. The molecule has 0 spiro atoms. The van der Waals surface area contributed by atoms with E-state index < -0.39 is 5.38 Å². The number of aryl methyl sites for hydroxylation is 1. The Hall–Kier alpha value is -1.54. The Morgan fingerprint density at radius 1 is 1.29 bits per heavy atom. The van der Waals surface area contributed by atoms with Crippen molar-refractivity contribution in [2.24, 2.45) is 0 Å². The fourth-order valence-electron chi connectivity index (χ4n) is 1.74. The summed E-state index contributed by atoms with van der Waals surface area (Å²) < 4.78 is 5.24. The molecule has 0 saturated heterocycles. The van der Waals surface area contributed by atoms with Gasteiger partial charge in [-0.05, 0) is 11.6 Å². The number of hydrogen-bond acceptors (Lipinski definition) is 2. The number of alkyl halides is 1. The summed E-state index contributed by atoms with van der Waals surface area (Å²) >= 11 is 6.19. The summed E-state index contributed by atoms with van der Waals surface area (Å²) in [5.74, 6) is 0.583. The van der Waals surface area contributed by atoms with E-state index in [2.05, 4.69) is 0 Å². The topological polar surface area (TPSA) is 30.2 Å². The van der Waals surface area contributed by atoms with Crippen LogP contribution in [0.1, 0.15) is 34.0 Å². The van der Waals surface area contributed by atoms with Crippen LogP contribution in [0.3, 0.4) is 0 Å². The van der Waals surface area contributed by atoms with Crippen LogP contribution >= 0.6 is 11.6 Å². The Bertz CT molecular complexity index is 502. The van der Waals surface area contributed by atoms with Crippen molar-refractivity contribution in [2.75, 3.05) is 0 Å². The summed E-state index contributed by atoms with van der Waals surface area (Å²) in [6, 6.07) is 11.0. The van der Waals surface area contributed by atoms with Crippen molar-refractivity contribution in [3.05, 3.63) is 59.5 Å². The molecule has 1 aromatic carbocycles. The van der Waals surface area contributed by atoms with Crippen LogP contribution in [0, 0.1) is 0 Å². The van der Waals surface area contributed by atoms with Crippen molar-refractivity contribution in [3.63, 3.8) is 0 Å². The summed E-state index contributed by atoms with van der Waals surface area (Å²) in [6.45, 7) is 1.95. The fourth-order valence-corrected chi connectivity index (χ4v) is 2.01. The lowest BCUT2D eigenvalue weighted by Gasteiger charge is -2.08. The van der Waals surface area contributed by atoms with Crippen molar-refractivity contribution in [3.8, 4) is 0 Å². The first-order valence-electron chi connectivity index (χ1n) is 5.53. The average molecular weight is 249 g/mol. The minimum absolute atomic E-state index is 0.108. The van der Waals surface area contributed by atoms with Gasteiger partial charge < -0.3 is 4.42 Å². The Morgan fingerprint density at radius 3 is 2.65 bits per heavy atom. The zero-order valence-electron chi connectivity index (χ0n) is 9.52. The van der Waals surface area contributed by atoms with Crippen molar-refractivity contribution in [2.45, 2.75) is 18.7 Å². The minimum Gasteiger partial charge on any atom is -0.469 e. The number of furan rings is 1. The van der Waals surface area contributed by atoms with Crippen molar-refractivity contribution < 1.29 is 9.21 Å². The van der Waals surface area contributed by atoms with Gasteiger partial charge in [-0.1, -0.05) is 37.3 Å². The Morgan fingerprint density at radius 2 is 2.00 bits per heavy atom. The van der Waals surface area contributed by atoms with Gasteiger partial charge in [-0.2, -0.15) is 0 Å². The maximum Gasteiger partial charge on any atom is 0.188 e. The van der Waals surface area contributed by atoms with E-state index in [0.29, 0.717) is 17.7 Å². The molecule has 0 aliphatic carbocycles. The van der Waals surface area contributed by atoms with Gasteiger partial charge in [0.05, 0.1) is 11.8 Å². The third-order valence-corrected chi connectivity index (χ3v) is 3.10. The van der Waals surface area contributed by atoms with Crippen molar-refractivity contribution in [1.82, 2.24) is 0 Å². The highest BCUT2D eigenvalue weighted by Gasteiger charge is 2.22. The van der Waals surface area contributed by atoms with E-state index >= 15 is 0 Å². The van der Waals surface area contributed by atoms with Crippen LogP contribution in [0.5, 0.6) is 0 Å². The van der Waals surface area contributed by atoms with Gasteiger partial charge in [0.1, 0.15) is 11.1 Å². The van der Waals surface area contributed by atoms with Crippen molar-refractivity contribution in [1.29, 1.82) is 0 Å².